The van der Waals surface area contributed by atoms with E-state index in [1.54, 1.807) is 24.1 Å². The van der Waals surface area contributed by atoms with E-state index in [2.05, 4.69) is 6.92 Å². The van der Waals surface area contributed by atoms with Crippen molar-refractivity contribution in [2.75, 3.05) is 16.6 Å². The highest BCUT2D eigenvalue weighted by Crippen LogP contribution is 2.40. The molecular weight excluding hydrogens is 212 g/mol. The number of benzene rings is 1. The molecule has 0 bridgehead atoms. The van der Waals surface area contributed by atoms with E-state index in [1.807, 2.05) is 10.4 Å². The summed E-state index contributed by atoms with van der Waals surface area (Å²) in [5, 5.41) is 10.9. The Morgan fingerprint density at radius 2 is 2.40 bits per heavy atom. The number of hydrogen-bond acceptors (Lipinski definition) is 4. The lowest BCUT2D eigenvalue weighted by Gasteiger charge is -2.16. The van der Waals surface area contributed by atoms with E-state index in [0.717, 1.165) is 30.0 Å². The number of rotatable bonds is 3. The molecule has 1 heterocycles. The fourth-order valence-electron chi connectivity index (χ4n) is 1.83. The molecule has 0 spiro atoms. The topological polar surface area (TPSA) is 46.4 Å². The molecule has 1 aromatic rings. The van der Waals surface area contributed by atoms with Gasteiger partial charge in [-0.1, -0.05) is 19.1 Å². The molecule has 0 unspecified atom stereocenters. The highest BCUT2D eigenvalue weighted by molar-refractivity contribution is 8.00. The fourth-order valence-corrected chi connectivity index (χ4v) is 2.71. The van der Waals surface area contributed by atoms with Crippen LogP contribution in [0.4, 0.5) is 11.4 Å². The van der Waals surface area contributed by atoms with E-state index in [4.69, 9.17) is 0 Å². The van der Waals surface area contributed by atoms with Crippen LogP contribution in [0.25, 0.3) is 0 Å². The summed E-state index contributed by atoms with van der Waals surface area (Å²) >= 11 is 1.64. The summed E-state index contributed by atoms with van der Waals surface area (Å²) < 4.78 is 2.04. The molecule has 0 radical (unpaired) electrons. The van der Waals surface area contributed by atoms with Crippen LogP contribution >= 0.6 is 11.9 Å². The minimum absolute atomic E-state index is 0.228. The smallest absolute Gasteiger partial charge is 0.293 e. The highest BCUT2D eigenvalue weighted by atomic mass is 32.2. The minimum atomic E-state index is -0.298. The predicted octanol–water partition coefficient (Wildman–Crippen LogP) is 2.63. The van der Waals surface area contributed by atoms with Gasteiger partial charge in [-0.3, -0.25) is 10.1 Å². The van der Waals surface area contributed by atoms with Crippen molar-refractivity contribution in [3.05, 3.63) is 33.9 Å². The van der Waals surface area contributed by atoms with Crippen LogP contribution in [0.3, 0.4) is 0 Å². The van der Waals surface area contributed by atoms with Crippen LogP contribution in [0, 0.1) is 10.1 Å². The molecule has 0 fully saturated rings. The van der Waals surface area contributed by atoms with E-state index in [9.17, 15) is 10.1 Å². The van der Waals surface area contributed by atoms with E-state index in [-0.39, 0.29) is 10.6 Å². The maximum atomic E-state index is 10.9. The maximum absolute atomic E-state index is 10.9. The van der Waals surface area contributed by atoms with E-state index in [0.29, 0.717) is 0 Å². The van der Waals surface area contributed by atoms with Gasteiger partial charge in [0.25, 0.3) is 5.69 Å². The lowest BCUT2D eigenvalue weighted by Crippen LogP contribution is -2.11. The SMILES string of the molecule is CCSN1CCc2cccc([N+](=O)[O-])c21. The van der Waals surface area contributed by atoms with E-state index >= 15 is 0 Å². The molecule has 0 N–H and O–H groups in total. The molecule has 80 valence electrons. The van der Waals surface area contributed by atoms with E-state index in [1.165, 1.54) is 0 Å². The lowest BCUT2D eigenvalue weighted by molar-refractivity contribution is -0.384. The standard InChI is InChI=1S/C10H12N2O2S/c1-2-15-11-7-6-8-4-3-5-9(10(8)11)12(13)14/h3-5H,2,6-7H2,1H3. The van der Waals surface area contributed by atoms with Crippen LogP contribution in [-0.4, -0.2) is 17.2 Å². The molecule has 0 amide bonds. The first-order valence-electron chi connectivity index (χ1n) is 4.90. The zero-order valence-corrected chi connectivity index (χ0v) is 9.29. The van der Waals surface area contributed by atoms with Crippen molar-refractivity contribution in [2.24, 2.45) is 0 Å². The first kappa shape index (κ1) is 10.3. The Hall–Kier alpha value is -1.23. The highest BCUT2D eigenvalue weighted by Gasteiger charge is 2.27. The number of anilines is 1. The molecule has 0 aromatic heterocycles. The quantitative estimate of drug-likeness (QED) is 0.450. The minimum Gasteiger partial charge on any atom is -0.310 e. The summed E-state index contributed by atoms with van der Waals surface area (Å²) in [6.45, 7) is 2.93. The van der Waals surface area contributed by atoms with Crippen molar-refractivity contribution in [1.29, 1.82) is 0 Å². The largest absolute Gasteiger partial charge is 0.310 e. The zero-order chi connectivity index (χ0) is 10.8. The van der Waals surface area contributed by atoms with E-state index < -0.39 is 0 Å². The molecule has 15 heavy (non-hydrogen) atoms. The molecule has 1 aliphatic heterocycles. The van der Waals surface area contributed by atoms with Crippen molar-refractivity contribution in [3.8, 4) is 0 Å². The summed E-state index contributed by atoms with van der Waals surface area (Å²) in [6, 6.07) is 5.31. The number of nitro groups is 1. The van der Waals surface area contributed by atoms with Crippen molar-refractivity contribution < 1.29 is 4.92 Å². The molecule has 2 rings (SSSR count). The molecule has 0 saturated heterocycles. The Bertz CT molecular complexity index is 393. The van der Waals surface area contributed by atoms with Crippen LogP contribution in [0.15, 0.2) is 18.2 Å². The summed E-state index contributed by atoms with van der Waals surface area (Å²) in [5.74, 6) is 0.936. The molecule has 5 heteroatoms. The second kappa shape index (κ2) is 4.10. The molecule has 0 saturated carbocycles. The Balaban J connectivity index is 2.43. The zero-order valence-electron chi connectivity index (χ0n) is 8.47. The van der Waals surface area contributed by atoms with Crippen molar-refractivity contribution in [1.82, 2.24) is 0 Å². The lowest BCUT2D eigenvalue weighted by atomic mass is 10.1. The third-order valence-corrected chi connectivity index (χ3v) is 3.35. The first-order chi connectivity index (χ1) is 7.24. The van der Waals surface area contributed by atoms with Gasteiger partial charge in [0.05, 0.1) is 4.92 Å². The van der Waals surface area contributed by atoms with Crippen molar-refractivity contribution >= 4 is 23.3 Å². The number of para-hydroxylation sites is 1. The Morgan fingerprint density at radius 1 is 1.60 bits per heavy atom. The molecule has 1 aromatic carbocycles. The third-order valence-electron chi connectivity index (χ3n) is 2.41. The van der Waals surface area contributed by atoms with Gasteiger partial charge in [0.2, 0.25) is 0 Å². The monoisotopic (exact) mass is 224 g/mol. The number of fused-ring (bicyclic) bond motifs is 1. The molecule has 0 aliphatic carbocycles. The van der Waals surface area contributed by atoms with Gasteiger partial charge in [0, 0.05) is 18.4 Å². The van der Waals surface area contributed by atoms with Crippen LogP contribution in [0.1, 0.15) is 12.5 Å². The summed E-state index contributed by atoms with van der Waals surface area (Å²) in [7, 11) is 0. The summed E-state index contributed by atoms with van der Waals surface area (Å²) in [6.07, 6.45) is 0.907. The predicted molar refractivity (Wildman–Crippen MR) is 62.3 cm³/mol. The summed E-state index contributed by atoms with van der Waals surface area (Å²) in [5.41, 5.74) is 2.12. The maximum Gasteiger partial charge on any atom is 0.293 e. The molecular formula is C10H12N2O2S. The number of nitro benzene ring substituents is 1. The molecule has 1 aliphatic rings. The Labute approximate surface area is 92.6 Å². The van der Waals surface area contributed by atoms with Gasteiger partial charge in [-0.2, -0.15) is 0 Å². The average Bonchev–Trinajstić information content (AvgIpc) is 2.62. The second-order valence-electron chi connectivity index (χ2n) is 3.31. The van der Waals surface area contributed by atoms with Crippen molar-refractivity contribution in [3.63, 3.8) is 0 Å². The Kier molecular flexibility index (Phi) is 2.81. The van der Waals surface area contributed by atoms with Crippen LogP contribution in [-0.2, 0) is 6.42 Å². The van der Waals surface area contributed by atoms with Gasteiger partial charge < -0.3 is 4.31 Å². The third kappa shape index (κ3) is 1.79. The summed E-state index contributed by atoms with van der Waals surface area (Å²) in [4.78, 5) is 10.6. The van der Waals surface area contributed by atoms with Gasteiger partial charge in [-0.25, -0.2) is 0 Å². The fraction of sp³-hybridized carbons (Fsp3) is 0.400. The van der Waals surface area contributed by atoms with Gasteiger partial charge in [0.15, 0.2) is 0 Å². The second-order valence-corrected chi connectivity index (χ2v) is 4.59. The first-order valence-corrected chi connectivity index (χ1v) is 5.85. The van der Waals surface area contributed by atoms with Crippen LogP contribution in [0.2, 0.25) is 0 Å². The van der Waals surface area contributed by atoms with Crippen molar-refractivity contribution in [2.45, 2.75) is 13.3 Å². The number of nitrogens with zero attached hydrogens (tertiary/aromatic N) is 2. The van der Waals surface area contributed by atoms with Gasteiger partial charge in [0.1, 0.15) is 5.69 Å². The van der Waals surface area contributed by atoms with Gasteiger partial charge >= 0.3 is 0 Å². The van der Waals surface area contributed by atoms with Crippen LogP contribution in [0.5, 0.6) is 0 Å². The number of hydrogen-bond donors (Lipinski definition) is 0. The molecule has 4 nitrogen and oxygen atoms in total. The van der Waals surface area contributed by atoms with Gasteiger partial charge in [-0.05, 0) is 23.9 Å². The average molecular weight is 224 g/mol. The Morgan fingerprint density at radius 3 is 3.07 bits per heavy atom. The normalized spacial score (nSPS) is 14.1. The van der Waals surface area contributed by atoms with Crippen LogP contribution < -0.4 is 4.31 Å². The molecule has 0 atom stereocenters. The van der Waals surface area contributed by atoms with Gasteiger partial charge in [-0.15, -0.1) is 0 Å².